The Morgan fingerprint density at radius 2 is 2.00 bits per heavy atom. The van der Waals surface area contributed by atoms with Crippen molar-refractivity contribution in [3.63, 3.8) is 0 Å². The molecule has 2 aromatic carbocycles. The number of nitrogens with zero attached hydrogens (tertiary/aromatic N) is 2. The Kier molecular flexibility index (Phi) is 8.33. The number of esters is 1. The lowest BCUT2D eigenvalue weighted by atomic mass is 10.0. The van der Waals surface area contributed by atoms with Crippen molar-refractivity contribution in [1.29, 1.82) is 0 Å². The van der Waals surface area contributed by atoms with Crippen LogP contribution in [0.1, 0.15) is 11.3 Å². The second kappa shape index (κ2) is 11.6. The molecular weight excluding hydrogens is 415 g/mol. The Balaban J connectivity index is 1.46. The van der Waals surface area contributed by atoms with Crippen molar-refractivity contribution < 1.29 is 23.2 Å². The van der Waals surface area contributed by atoms with Crippen LogP contribution in [-0.2, 0) is 27.1 Å². The molecule has 0 aliphatic carbocycles. The summed E-state index contributed by atoms with van der Waals surface area (Å²) < 4.78 is 29.3. The topological polar surface area (TPSA) is 112 Å². The van der Waals surface area contributed by atoms with Crippen LogP contribution >= 0.6 is 0 Å². The number of hydrogen-bond acceptors (Lipinski definition) is 6. The number of aliphatic imine (C=N–C) groups is 1. The first-order valence-corrected chi connectivity index (χ1v) is 10.1. The van der Waals surface area contributed by atoms with Crippen LogP contribution in [0, 0.1) is 5.82 Å². The normalized spacial score (nSPS) is 11.4. The molecule has 0 unspecified atom stereocenters. The summed E-state index contributed by atoms with van der Waals surface area (Å²) in [6.07, 6.45) is 1.19. The summed E-state index contributed by atoms with van der Waals surface area (Å²) in [5.41, 5.74) is 8.78. The minimum Gasteiger partial charge on any atom is -0.467 e. The van der Waals surface area contributed by atoms with E-state index in [4.69, 9.17) is 15.0 Å². The highest BCUT2D eigenvalue weighted by atomic mass is 19.1. The molecule has 0 fully saturated rings. The van der Waals surface area contributed by atoms with Gasteiger partial charge in [0.25, 0.3) is 0 Å². The summed E-state index contributed by atoms with van der Waals surface area (Å²) in [6.45, 7) is 0.351. The van der Waals surface area contributed by atoms with E-state index in [1.54, 1.807) is 18.2 Å². The molecule has 8 nitrogen and oxygen atoms in total. The number of carbonyl (C=O) groups is 1. The second-order valence-corrected chi connectivity index (χ2v) is 6.88. The third-order valence-electron chi connectivity index (χ3n) is 4.56. The van der Waals surface area contributed by atoms with Crippen LogP contribution < -0.4 is 11.1 Å². The van der Waals surface area contributed by atoms with E-state index in [2.05, 4.69) is 20.2 Å². The molecule has 32 heavy (non-hydrogen) atoms. The fraction of sp³-hybridized carbons (Fsp3) is 0.261. The summed E-state index contributed by atoms with van der Waals surface area (Å²) in [4.78, 5) is 15.0. The molecule has 168 valence electrons. The predicted molar refractivity (Wildman–Crippen MR) is 119 cm³/mol. The van der Waals surface area contributed by atoms with Crippen molar-refractivity contribution in [1.82, 2.24) is 5.16 Å². The van der Waals surface area contributed by atoms with Gasteiger partial charge in [-0.15, -0.1) is 0 Å². The van der Waals surface area contributed by atoms with Gasteiger partial charge in [-0.25, -0.2) is 9.18 Å². The molecule has 0 amide bonds. The summed E-state index contributed by atoms with van der Waals surface area (Å²) >= 11 is 0. The average Bonchev–Trinajstić information content (AvgIpc) is 3.25. The van der Waals surface area contributed by atoms with Crippen LogP contribution in [0.15, 0.2) is 64.1 Å². The van der Waals surface area contributed by atoms with Gasteiger partial charge in [0.2, 0.25) is 5.88 Å². The third kappa shape index (κ3) is 6.92. The number of aryl methyl sites for hydroxylation is 2. The lowest BCUT2D eigenvalue weighted by Crippen LogP contribution is -2.23. The number of aromatic nitrogens is 1. The molecule has 0 saturated carbocycles. The number of carbonyl (C=O) groups excluding carboxylic acids is 1. The SMILES string of the molecule is COC(=O)COCCN=C(N)Nc1cc(CCc2ccc(-c3ccccc3)c(F)c2)no1. The molecular formula is C23H25FN4O4. The van der Waals surface area contributed by atoms with Crippen LogP contribution in [0.2, 0.25) is 0 Å². The molecule has 0 aliphatic heterocycles. The highest BCUT2D eigenvalue weighted by Gasteiger charge is 2.09. The minimum atomic E-state index is -0.454. The van der Waals surface area contributed by atoms with E-state index in [1.807, 2.05) is 36.4 Å². The third-order valence-corrected chi connectivity index (χ3v) is 4.56. The monoisotopic (exact) mass is 440 g/mol. The Morgan fingerprint density at radius 1 is 1.19 bits per heavy atom. The van der Waals surface area contributed by atoms with Gasteiger partial charge in [-0.3, -0.25) is 10.3 Å². The lowest BCUT2D eigenvalue weighted by Gasteiger charge is -2.06. The summed E-state index contributed by atoms with van der Waals surface area (Å²) in [5.74, 6) is -0.227. The van der Waals surface area contributed by atoms with Crippen LogP contribution in [-0.4, -0.2) is 44.0 Å². The van der Waals surface area contributed by atoms with Gasteiger partial charge in [-0.2, -0.15) is 0 Å². The molecule has 0 aliphatic rings. The van der Waals surface area contributed by atoms with E-state index in [1.165, 1.54) is 7.11 Å². The zero-order chi connectivity index (χ0) is 22.8. The van der Waals surface area contributed by atoms with Gasteiger partial charge in [-0.1, -0.05) is 47.6 Å². The highest BCUT2D eigenvalue weighted by molar-refractivity contribution is 5.90. The first-order chi connectivity index (χ1) is 15.5. The number of ether oxygens (including phenoxy) is 2. The molecule has 1 heterocycles. The number of nitrogens with two attached hydrogens (primary N) is 1. The smallest absolute Gasteiger partial charge is 0.331 e. The maximum absolute atomic E-state index is 14.5. The van der Waals surface area contributed by atoms with Gasteiger partial charge < -0.3 is 19.7 Å². The number of rotatable bonds is 10. The Labute approximate surface area is 185 Å². The van der Waals surface area contributed by atoms with Gasteiger partial charge in [0.05, 0.1) is 26.0 Å². The van der Waals surface area contributed by atoms with E-state index in [0.29, 0.717) is 30.0 Å². The van der Waals surface area contributed by atoms with Crippen LogP contribution in [0.4, 0.5) is 10.3 Å². The van der Waals surface area contributed by atoms with E-state index >= 15 is 0 Å². The Bertz CT molecular complexity index is 1050. The van der Waals surface area contributed by atoms with Gasteiger partial charge in [0.1, 0.15) is 12.4 Å². The summed E-state index contributed by atoms with van der Waals surface area (Å²) in [6, 6.07) is 16.4. The molecule has 1 aromatic heterocycles. The number of benzene rings is 2. The van der Waals surface area contributed by atoms with Crippen molar-refractivity contribution in [2.24, 2.45) is 10.7 Å². The highest BCUT2D eigenvalue weighted by Crippen LogP contribution is 2.24. The van der Waals surface area contributed by atoms with E-state index in [-0.39, 0.29) is 31.5 Å². The molecule has 0 atom stereocenters. The summed E-state index contributed by atoms with van der Waals surface area (Å²) in [7, 11) is 1.29. The van der Waals surface area contributed by atoms with E-state index in [0.717, 1.165) is 11.1 Å². The van der Waals surface area contributed by atoms with Crippen LogP contribution in [0.25, 0.3) is 11.1 Å². The molecule has 0 radical (unpaired) electrons. The van der Waals surface area contributed by atoms with Gasteiger partial charge in [-0.05, 0) is 30.0 Å². The lowest BCUT2D eigenvalue weighted by molar-refractivity contribution is -0.145. The molecule has 9 heteroatoms. The first-order valence-electron chi connectivity index (χ1n) is 10.1. The molecule has 3 rings (SSSR count). The second-order valence-electron chi connectivity index (χ2n) is 6.88. The number of hydrogen-bond donors (Lipinski definition) is 2. The maximum Gasteiger partial charge on any atom is 0.331 e. The maximum atomic E-state index is 14.5. The Hall–Kier alpha value is -3.72. The molecule has 3 aromatic rings. The largest absolute Gasteiger partial charge is 0.467 e. The van der Waals surface area contributed by atoms with Crippen molar-refractivity contribution in [3.8, 4) is 11.1 Å². The summed E-state index contributed by atoms with van der Waals surface area (Å²) in [5, 5.41) is 6.79. The molecule has 0 saturated heterocycles. The number of guanidine groups is 1. The molecule has 0 spiro atoms. The molecule has 0 bridgehead atoms. The first kappa shape index (κ1) is 23.0. The van der Waals surface area contributed by atoms with Crippen molar-refractivity contribution in [2.75, 3.05) is 32.2 Å². The van der Waals surface area contributed by atoms with Gasteiger partial charge in [0.15, 0.2) is 5.96 Å². The van der Waals surface area contributed by atoms with Crippen molar-refractivity contribution in [2.45, 2.75) is 12.8 Å². The van der Waals surface area contributed by atoms with Gasteiger partial charge in [0, 0.05) is 11.6 Å². The van der Waals surface area contributed by atoms with E-state index < -0.39 is 5.97 Å². The average molecular weight is 440 g/mol. The Morgan fingerprint density at radius 3 is 2.75 bits per heavy atom. The van der Waals surface area contributed by atoms with Crippen LogP contribution in [0.5, 0.6) is 0 Å². The van der Waals surface area contributed by atoms with Crippen molar-refractivity contribution in [3.05, 3.63) is 71.7 Å². The number of halogens is 1. The van der Waals surface area contributed by atoms with Crippen molar-refractivity contribution >= 4 is 17.8 Å². The fourth-order valence-electron chi connectivity index (χ4n) is 2.94. The standard InChI is InChI=1S/C23H25FN4O4/c1-30-22(29)15-31-12-11-26-23(25)27-21-14-18(28-32-21)9-7-16-8-10-19(20(24)13-16)17-5-3-2-4-6-17/h2-6,8,10,13-14H,7,9,11-12,15H2,1H3,(H3,25,26,27). The zero-order valence-electron chi connectivity index (χ0n) is 17.7. The molecule has 3 N–H and O–H groups in total. The van der Waals surface area contributed by atoms with Crippen LogP contribution in [0.3, 0.4) is 0 Å². The predicted octanol–water partition coefficient (Wildman–Crippen LogP) is 3.18. The van der Waals surface area contributed by atoms with Gasteiger partial charge >= 0.3 is 5.97 Å². The zero-order valence-corrected chi connectivity index (χ0v) is 17.7. The van der Waals surface area contributed by atoms with E-state index in [9.17, 15) is 9.18 Å². The fourth-order valence-corrected chi connectivity index (χ4v) is 2.94. The number of nitrogens with one attached hydrogen (secondary N) is 1. The quantitative estimate of drug-likeness (QED) is 0.215. The number of methoxy groups -OCH3 is 1. The minimum absolute atomic E-state index is 0.132. The number of anilines is 1.